The Morgan fingerprint density at radius 2 is 2.26 bits per heavy atom. The molecule has 1 aliphatic heterocycles. The van der Waals surface area contributed by atoms with Gasteiger partial charge in [-0.05, 0) is 18.1 Å². The second-order valence-electron chi connectivity index (χ2n) is 4.83. The summed E-state index contributed by atoms with van der Waals surface area (Å²) < 4.78 is 0. The molecule has 1 aliphatic rings. The van der Waals surface area contributed by atoms with Gasteiger partial charge in [-0.3, -0.25) is 4.98 Å². The van der Waals surface area contributed by atoms with Gasteiger partial charge in [0.15, 0.2) is 0 Å². The number of pyridine rings is 1. The molecule has 4 heteroatoms. The monoisotopic (exact) mass is 254 g/mol. The van der Waals surface area contributed by atoms with E-state index in [1.165, 1.54) is 22.5 Å². The number of hydrogen-bond acceptors (Lipinski definition) is 4. The number of hydrogen-bond donors (Lipinski definition) is 1. The molecule has 1 N–H and O–H groups in total. The lowest BCUT2D eigenvalue weighted by Gasteiger charge is -2.19. The van der Waals surface area contributed by atoms with Crippen molar-refractivity contribution in [1.29, 1.82) is 0 Å². The molecule has 2 aromatic rings. The number of fused-ring (bicyclic) bond motifs is 1. The van der Waals surface area contributed by atoms with Crippen LogP contribution in [0.25, 0.3) is 0 Å². The summed E-state index contributed by atoms with van der Waals surface area (Å²) in [4.78, 5) is 13.6. The lowest BCUT2D eigenvalue weighted by atomic mass is 10.0. The van der Waals surface area contributed by atoms with Gasteiger partial charge in [-0.2, -0.15) is 0 Å². The number of nitrogens with zero attached hydrogens (tertiary/aromatic N) is 3. The van der Waals surface area contributed by atoms with E-state index in [0.717, 1.165) is 38.2 Å². The molecular weight excluding hydrogens is 236 g/mol. The van der Waals surface area contributed by atoms with Gasteiger partial charge in [-0.1, -0.05) is 13.0 Å². The molecule has 0 radical (unpaired) electrons. The zero-order valence-electron chi connectivity index (χ0n) is 11.2. The van der Waals surface area contributed by atoms with Crippen molar-refractivity contribution in [2.75, 3.05) is 6.54 Å². The van der Waals surface area contributed by atoms with Crippen LogP contribution in [0, 0.1) is 0 Å². The van der Waals surface area contributed by atoms with E-state index in [1.54, 1.807) is 6.20 Å². The molecule has 0 bridgehead atoms. The predicted octanol–water partition coefficient (Wildman–Crippen LogP) is 1.67. The Morgan fingerprint density at radius 3 is 3.05 bits per heavy atom. The van der Waals surface area contributed by atoms with Crippen LogP contribution in [0.1, 0.15) is 35.3 Å². The Morgan fingerprint density at radius 1 is 1.32 bits per heavy atom. The summed E-state index contributed by atoms with van der Waals surface area (Å²) in [6.07, 6.45) is 6.41. The van der Waals surface area contributed by atoms with E-state index in [2.05, 4.69) is 23.3 Å². The zero-order chi connectivity index (χ0) is 13.1. The van der Waals surface area contributed by atoms with Crippen molar-refractivity contribution >= 4 is 0 Å². The maximum absolute atomic E-state index is 4.74. The van der Waals surface area contributed by atoms with Gasteiger partial charge in [0.05, 0.1) is 5.69 Å². The Balaban J connectivity index is 1.94. The van der Waals surface area contributed by atoms with E-state index in [1.807, 2.05) is 12.3 Å². The van der Waals surface area contributed by atoms with Crippen molar-refractivity contribution in [2.24, 2.45) is 0 Å². The van der Waals surface area contributed by atoms with Gasteiger partial charge >= 0.3 is 0 Å². The molecule has 0 fully saturated rings. The summed E-state index contributed by atoms with van der Waals surface area (Å²) >= 11 is 0. The maximum Gasteiger partial charge on any atom is 0.133 e. The summed E-state index contributed by atoms with van der Waals surface area (Å²) in [5.74, 6) is 0.922. The van der Waals surface area contributed by atoms with Crippen molar-refractivity contribution in [2.45, 2.75) is 32.7 Å². The third-order valence-corrected chi connectivity index (χ3v) is 3.49. The van der Waals surface area contributed by atoms with Gasteiger partial charge < -0.3 is 5.32 Å². The van der Waals surface area contributed by atoms with E-state index >= 15 is 0 Å². The first-order chi connectivity index (χ1) is 9.36. The second-order valence-corrected chi connectivity index (χ2v) is 4.83. The van der Waals surface area contributed by atoms with Gasteiger partial charge in [0.1, 0.15) is 5.82 Å². The Labute approximate surface area is 113 Å². The minimum absolute atomic E-state index is 0.765. The molecule has 0 aromatic carbocycles. The van der Waals surface area contributed by atoms with Gasteiger partial charge in [0, 0.05) is 49.6 Å². The van der Waals surface area contributed by atoms with Crippen LogP contribution in [0.15, 0.2) is 24.5 Å². The van der Waals surface area contributed by atoms with Crippen LogP contribution in [0.3, 0.4) is 0 Å². The Bertz CT molecular complexity index is 549. The standard InChI is InChI=1S/C15H18N4/c1-2-13-12-10-17-7-5-14(12)19-15(18-13)8-11-4-3-6-16-9-11/h3-4,6,9,17H,2,5,7-8,10H2,1H3. The fourth-order valence-electron chi connectivity index (χ4n) is 2.53. The normalized spacial score (nSPS) is 14.2. The molecular formula is C15H18N4. The van der Waals surface area contributed by atoms with Crippen LogP contribution in [-0.2, 0) is 25.8 Å². The number of nitrogens with one attached hydrogen (secondary N) is 1. The number of aromatic nitrogens is 3. The third kappa shape index (κ3) is 2.63. The molecule has 3 rings (SSSR count). The summed E-state index contributed by atoms with van der Waals surface area (Å²) in [7, 11) is 0. The summed E-state index contributed by atoms with van der Waals surface area (Å²) in [6.45, 7) is 4.08. The van der Waals surface area contributed by atoms with E-state index in [9.17, 15) is 0 Å². The number of aryl methyl sites for hydroxylation is 1. The van der Waals surface area contributed by atoms with Crippen molar-refractivity contribution in [3.63, 3.8) is 0 Å². The summed E-state index contributed by atoms with van der Waals surface area (Å²) in [6, 6.07) is 4.03. The first-order valence-electron chi connectivity index (χ1n) is 6.84. The third-order valence-electron chi connectivity index (χ3n) is 3.49. The maximum atomic E-state index is 4.74. The van der Waals surface area contributed by atoms with E-state index in [4.69, 9.17) is 9.97 Å². The van der Waals surface area contributed by atoms with E-state index < -0.39 is 0 Å². The van der Waals surface area contributed by atoms with E-state index in [0.29, 0.717) is 0 Å². The lowest BCUT2D eigenvalue weighted by molar-refractivity contribution is 0.611. The van der Waals surface area contributed by atoms with Crippen molar-refractivity contribution in [1.82, 2.24) is 20.3 Å². The van der Waals surface area contributed by atoms with Gasteiger partial charge in [0.25, 0.3) is 0 Å². The Hall–Kier alpha value is -1.81. The molecule has 98 valence electrons. The Kier molecular flexibility index (Phi) is 3.51. The van der Waals surface area contributed by atoms with Gasteiger partial charge in [-0.15, -0.1) is 0 Å². The van der Waals surface area contributed by atoms with Crippen molar-refractivity contribution in [3.05, 3.63) is 52.9 Å². The van der Waals surface area contributed by atoms with Crippen LogP contribution >= 0.6 is 0 Å². The lowest BCUT2D eigenvalue weighted by Crippen LogP contribution is -2.27. The fraction of sp³-hybridized carbons (Fsp3) is 0.400. The molecule has 19 heavy (non-hydrogen) atoms. The van der Waals surface area contributed by atoms with Gasteiger partial charge in [-0.25, -0.2) is 9.97 Å². The molecule has 0 spiro atoms. The molecule has 2 aromatic heterocycles. The predicted molar refractivity (Wildman–Crippen MR) is 73.9 cm³/mol. The first-order valence-corrected chi connectivity index (χ1v) is 6.84. The average Bonchev–Trinajstić information content (AvgIpc) is 2.47. The van der Waals surface area contributed by atoms with Crippen LogP contribution in [0.5, 0.6) is 0 Å². The molecule has 4 nitrogen and oxygen atoms in total. The summed E-state index contributed by atoms with van der Waals surface area (Å²) in [5.41, 5.74) is 4.89. The van der Waals surface area contributed by atoms with Gasteiger partial charge in [0.2, 0.25) is 0 Å². The second kappa shape index (κ2) is 5.45. The van der Waals surface area contributed by atoms with Crippen LogP contribution in [-0.4, -0.2) is 21.5 Å². The molecule has 3 heterocycles. The fourth-order valence-corrected chi connectivity index (χ4v) is 2.53. The van der Waals surface area contributed by atoms with Crippen LogP contribution in [0.4, 0.5) is 0 Å². The highest BCUT2D eigenvalue weighted by molar-refractivity contribution is 5.29. The highest BCUT2D eigenvalue weighted by Crippen LogP contribution is 2.17. The molecule has 0 atom stereocenters. The van der Waals surface area contributed by atoms with Crippen molar-refractivity contribution in [3.8, 4) is 0 Å². The quantitative estimate of drug-likeness (QED) is 0.905. The smallest absolute Gasteiger partial charge is 0.133 e. The van der Waals surface area contributed by atoms with Crippen LogP contribution < -0.4 is 5.32 Å². The highest BCUT2D eigenvalue weighted by atomic mass is 14.9. The zero-order valence-corrected chi connectivity index (χ0v) is 11.2. The molecule has 0 saturated heterocycles. The van der Waals surface area contributed by atoms with Crippen molar-refractivity contribution < 1.29 is 0 Å². The highest BCUT2D eigenvalue weighted by Gasteiger charge is 2.16. The van der Waals surface area contributed by atoms with E-state index in [-0.39, 0.29) is 0 Å². The number of rotatable bonds is 3. The topological polar surface area (TPSA) is 50.7 Å². The minimum atomic E-state index is 0.765. The summed E-state index contributed by atoms with van der Waals surface area (Å²) in [5, 5.41) is 3.39. The van der Waals surface area contributed by atoms with Crippen LogP contribution in [0.2, 0.25) is 0 Å². The molecule has 0 amide bonds. The molecule has 0 saturated carbocycles. The molecule has 0 aliphatic carbocycles. The first kappa shape index (κ1) is 12.2. The molecule has 0 unspecified atom stereocenters. The SMILES string of the molecule is CCc1nc(Cc2cccnc2)nc2c1CNCC2. The largest absolute Gasteiger partial charge is 0.312 e. The minimum Gasteiger partial charge on any atom is -0.312 e. The average molecular weight is 254 g/mol.